The van der Waals surface area contributed by atoms with Gasteiger partial charge in [0.15, 0.2) is 5.69 Å². The second kappa shape index (κ2) is 6.03. The minimum Gasteiger partial charge on any atom is -0.501 e. The number of nitrogens with one attached hydrogen (secondary N) is 1. The first-order chi connectivity index (χ1) is 11.7. The molecule has 2 aromatic heterocycles. The summed E-state index contributed by atoms with van der Waals surface area (Å²) in [6.45, 7) is 7.98. The summed E-state index contributed by atoms with van der Waals surface area (Å²) in [4.78, 5) is 29.1. The zero-order valence-electron chi connectivity index (χ0n) is 14.7. The number of aryl methyl sites for hydroxylation is 2. The average Bonchev–Trinajstić information content (AvgIpc) is 2.86. The van der Waals surface area contributed by atoms with E-state index in [1.807, 2.05) is 13.0 Å². The maximum atomic E-state index is 12.5. The highest BCUT2D eigenvalue weighted by Gasteiger charge is 2.34. The van der Waals surface area contributed by atoms with Gasteiger partial charge in [0, 0.05) is 12.1 Å². The van der Waals surface area contributed by atoms with E-state index in [4.69, 9.17) is 9.15 Å². The lowest BCUT2D eigenvalue weighted by atomic mass is 10.1. The van der Waals surface area contributed by atoms with Gasteiger partial charge in [0.25, 0.3) is 11.5 Å². The van der Waals surface area contributed by atoms with E-state index in [0.29, 0.717) is 18.2 Å². The van der Waals surface area contributed by atoms with Crippen LogP contribution in [-0.4, -0.2) is 27.2 Å². The second-order valence-corrected chi connectivity index (χ2v) is 6.57. The van der Waals surface area contributed by atoms with E-state index in [0.717, 1.165) is 11.3 Å². The summed E-state index contributed by atoms with van der Waals surface area (Å²) < 4.78 is 12.4. The van der Waals surface area contributed by atoms with E-state index in [-0.39, 0.29) is 18.8 Å². The lowest BCUT2D eigenvalue weighted by Crippen LogP contribution is -2.42. The van der Waals surface area contributed by atoms with Gasteiger partial charge in [0.1, 0.15) is 22.9 Å². The fourth-order valence-electron chi connectivity index (χ4n) is 2.94. The molecule has 3 heterocycles. The van der Waals surface area contributed by atoms with Gasteiger partial charge in [0.05, 0.1) is 13.2 Å². The molecule has 0 atom stereocenters. The number of nitrogens with zero attached hydrogens (tertiary/aromatic N) is 2. The molecule has 2 N–H and O–H groups in total. The number of furan rings is 1. The van der Waals surface area contributed by atoms with Gasteiger partial charge in [-0.3, -0.25) is 14.2 Å². The molecule has 0 saturated heterocycles. The van der Waals surface area contributed by atoms with Crippen LogP contribution >= 0.6 is 0 Å². The lowest BCUT2D eigenvalue weighted by Gasteiger charge is -2.32. The molecule has 0 saturated carbocycles. The average molecular weight is 347 g/mol. The molecule has 8 nitrogen and oxygen atoms in total. The second-order valence-electron chi connectivity index (χ2n) is 6.57. The number of amides is 1. The number of rotatable bonds is 3. The predicted molar refractivity (Wildman–Crippen MR) is 88.5 cm³/mol. The summed E-state index contributed by atoms with van der Waals surface area (Å²) in [5, 5.41) is 12.8. The minimum atomic E-state index is -0.821. The van der Waals surface area contributed by atoms with Gasteiger partial charge in [-0.1, -0.05) is 0 Å². The number of hydrogen-bond acceptors (Lipinski definition) is 6. The van der Waals surface area contributed by atoms with Gasteiger partial charge in [-0.2, -0.15) is 0 Å². The molecule has 1 amide bonds. The van der Waals surface area contributed by atoms with Crippen molar-refractivity contribution in [2.24, 2.45) is 0 Å². The fourth-order valence-corrected chi connectivity index (χ4v) is 2.94. The Morgan fingerprint density at radius 2 is 2.16 bits per heavy atom. The maximum Gasteiger partial charge on any atom is 0.296 e. The van der Waals surface area contributed by atoms with Crippen molar-refractivity contribution in [3.8, 4) is 5.75 Å². The van der Waals surface area contributed by atoms with Gasteiger partial charge in [-0.15, -0.1) is 0 Å². The first kappa shape index (κ1) is 17.2. The Hall–Kier alpha value is -2.61. The summed E-state index contributed by atoms with van der Waals surface area (Å²) in [5.74, 6) is 0.488. The maximum absolute atomic E-state index is 12.5. The molecule has 134 valence electrons. The van der Waals surface area contributed by atoms with Crippen LogP contribution in [0.1, 0.15) is 47.2 Å². The number of fused-ring (bicyclic) bond motifs is 1. The van der Waals surface area contributed by atoms with E-state index in [2.05, 4.69) is 10.3 Å². The summed E-state index contributed by atoms with van der Waals surface area (Å²) in [7, 11) is 0. The van der Waals surface area contributed by atoms with Crippen LogP contribution in [0.5, 0.6) is 5.75 Å². The summed E-state index contributed by atoms with van der Waals surface area (Å²) in [6, 6.07) is 1.82. The number of hydrogen-bond donors (Lipinski definition) is 2. The molecule has 0 spiro atoms. The Morgan fingerprint density at radius 1 is 1.44 bits per heavy atom. The van der Waals surface area contributed by atoms with Crippen molar-refractivity contribution < 1.29 is 19.1 Å². The first-order valence-electron chi connectivity index (χ1n) is 8.03. The van der Waals surface area contributed by atoms with Crippen LogP contribution in [0.25, 0.3) is 0 Å². The molecule has 0 aromatic carbocycles. The van der Waals surface area contributed by atoms with Gasteiger partial charge in [-0.25, -0.2) is 4.98 Å². The number of ether oxygens (including phenoxy) is 1. The Morgan fingerprint density at radius 3 is 2.80 bits per heavy atom. The van der Waals surface area contributed by atoms with Crippen molar-refractivity contribution in [1.82, 2.24) is 14.9 Å². The van der Waals surface area contributed by atoms with E-state index in [1.165, 1.54) is 4.57 Å². The highest BCUT2D eigenvalue weighted by molar-refractivity contribution is 5.94. The van der Waals surface area contributed by atoms with Gasteiger partial charge in [-0.05, 0) is 33.8 Å². The molecular formula is C17H21N3O5. The molecule has 0 aliphatic carbocycles. The van der Waals surface area contributed by atoms with Crippen LogP contribution in [0.2, 0.25) is 0 Å². The van der Waals surface area contributed by atoms with Gasteiger partial charge in [0.2, 0.25) is 5.75 Å². The molecule has 0 unspecified atom stereocenters. The van der Waals surface area contributed by atoms with Crippen molar-refractivity contribution in [3.05, 3.63) is 45.0 Å². The molecule has 1 aliphatic rings. The number of carbonyl (C=O) groups is 1. The van der Waals surface area contributed by atoms with Crippen LogP contribution in [0.3, 0.4) is 0 Å². The third-order valence-corrected chi connectivity index (χ3v) is 4.26. The molecule has 2 aromatic rings. The molecule has 8 heteroatoms. The molecule has 3 rings (SSSR count). The van der Waals surface area contributed by atoms with Gasteiger partial charge < -0.3 is 19.6 Å². The Kier molecular flexibility index (Phi) is 4.16. The van der Waals surface area contributed by atoms with E-state index >= 15 is 0 Å². The third-order valence-electron chi connectivity index (χ3n) is 4.26. The minimum absolute atomic E-state index is 0.210. The Labute approximate surface area is 144 Å². The number of aromatic nitrogens is 2. The first-order valence-corrected chi connectivity index (χ1v) is 8.03. The smallest absolute Gasteiger partial charge is 0.296 e. The number of carbonyl (C=O) groups excluding carboxylic acids is 1. The normalized spacial score (nSPS) is 15.7. The molecule has 0 radical (unpaired) electrons. The third kappa shape index (κ3) is 3.05. The molecule has 0 bridgehead atoms. The van der Waals surface area contributed by atoms with E-state index < -0.39 is 22.8 Å². The van der Waals surface area contributed by atoms with Crippen LogP contribution < -0.4 is 10.9 Å². The fraction of sp³-hybridized carbons (Fsp3) is 0.471. The number of aromatic hydroxyl groups is 1. The zero-order chi connectivity index (χ0) is 18.4. The largest absolute Gasteiger partial charge is 0.501 e. The zero-order valence-corrected chi connectivity index (χ0v) is 14.7. The molecule has 1 aliphatic heterocycles. The van der Waals surface area contributed by atoms with Crippen molar-refractivity contribution in [2.45, 2.75) is 46.4 Å². The standard InChI is InChI=1S/C17H21N3O5/c1-9-7-11(10(2)25-9)8-18-14(22)12-13(21)15(23)20-5-6-24-17(3,4)16(20)19-12/h7,21H,5-6,8H2,1-4H3,(H,18,22). The summed E-state index contributed by atoms with van der Waals surface area (Å²) in [6.07, 6.45) is 0. The van der Waals surface area contributed by atoms with Gasteiger partial charge >= 0.3 is 0 Å². The SMILES string of the molecule is Cc1cc(CNC(=O)c2nc3n(c(=O)c2O)CCOC3(C)C)c(C)o1. The summed E-state index contributed by atoms with van der Waals surface area (Å²) >= 11 is 0. The van der Waals surface area contributed by atoms with E-state index in [9.17, 15) is 14.7 Å². The highest BCUT2D eigenvalue weighted by atomic mass is 16.5. The molecular weight excluding hydrogens is 326 g/mol. The van der Waals surface area contributed by atoms with Crippen LogP contribution in [0.15, 0.2) is 15.3 Å². The lowest BCUT2D eigenvalue weighted by molar-refractivity contribution is -0.0566. The highest BCUT2D eigenvalue weighted by Crippen LogP contribution is 2.27. The summed E-state index contributed by atoms with van der Waals surface area (Å²) in [5.41, 5.74) is -0.934. The monoisotopic (exact) mass is 347 g/mol. The van der Waals surface area contributed by atoms with Crippen LogP contribution in [0, 0.1) is 13.8 Å². The van der Waals surface area contributed by atoms with Crippen molar-refractivity contribution in [1.29, 1.82) is 0 Å². The van der Waals surface area contributed by atoms with Crippen molar-refractivity contribution >= 4 is 5.91 Å². The molecule has 0 fully saturated rings. The topological polar surface area (TPSA) is 107 Å². The Balaban J connectivity index is 1.92. The van der Waals surface area contributed by atoms with E-state index in [1.54, 1.807) is 20.8 Å². The van der Waals surface area contributed by atoms with Crippen LogP contribution in [0.4, 0.5) is 0 Å². The Bertz CT molecular complexity index is 894. The quantitative estimate of drug-likeness (QED) is 0.868. The van der Waals surface area contributed by atoms with Crippen molar-refractivity contribution in [2.75, 3.05) is 6.61 Å². The van der Waals surface area contributed by atoms with Crippen LogP contribution in [-0.2, 0) is 23.4 Å². The van der Waals surface area contributed by atoms with Crippen molar-refractivity contribution in [3.63, 3.8) is 0 Å². The predicted octanol–water partition coefficient (Wildman–Crippen LogP) is 1.35. The molecule has 25 heavy (non-hydrogen) atoms.